The van der Waals surface area contributed by atoms with Crippen molar-refractivity contribution >= 4 is 23.1 Å². The standard InChI is InChI=1S/C20H20N4O3/c1-27-16-6-4-5-14-15(11-18(25)23-19(14)16)20(26)21-9-8-13-12-24-10-3-2-7-17(24)22-13/h2-7,10,12,15H,8-9,11H2,1H3,(H,21,26)(H,23,25)/t15-/m0/s1. The molecular formula is C20H20N4O3. The minimum absolute atomic E-state index is 0.125. The summed E-state index contributed by atoms with van der Waals surface area (Å²) in [5, 5.41) is 5.74. The summed E-state index contributed by atoms with van der Waals surface area (Å²) in [7, 11) is 1.54. The van der Waals surface area contributed by atoms with E-state index in [0.29, 0.717) is 24.4 Å². The molecule has 1 aromatic carbocycles. The molecule has 3 heterocycles. The Kier molecular flexibility index (Phi) is 4.50. The number of para-hydroxylation sites is 1. The highest BCUT2D eigenvalue weighted by atomic mass is 16.5. The molecule has 1 atom stereocenters. The van der Waals surface area contributed by atoms with Crippen molar-refractivity contribution in [2.45, 2.75) is 18.8 Å². The summed E-state index contributed by atoms with van der Waals surface area (Å²) in [6, 6.07) is 11.3. The topological polar surface area (TPSA) is 84.7 Å². The number of carbonyl (C=O) groups excluding carboxylic acids is 2. The van der Waals surface area contributed by atoms with E-state index in [-0.39, 0.29) is 18.2 Å². The zero-order chi connectivity index (χ0) is 18.8. The molecule has 2 aromatic heterocycles. The quantitative estimate of drug-likeness (QED) is 0.726. The van der Waals surface area contributed by atoms with Crippen LogP contribution < -0.4 is 15.4 Å². The summed E-state index contributed by atoms with van der Waals surface area (Å²) in [4.78, 5) is 29.3. The van der Waals surface area contributed by atoms with Crippen LogP contribution in [0.1, 0.15) is 23.6 Å². The zero-order valence-corrected chi connectivity index (χ0v) is 14.9. The van der Waals surface area contributed by atoms with Crippen molar-refractivity contribution in [1.29, 1.82) is 0 Å². The number of anilines is 1. The van der Waals surface area contributed by atoms with E-state index in [1.165, 1.54) is 0 Å². The van der Waals surface area contributed by atoms with E-state index in [9.17, 15) is 9.59 Å². The highest BCUT2D eigenvalue weighted by molar-refractivity contribution is 6.02. The fourth-order valence-electron chi connectivity index (χ4n) is 3.41. The molecule has 0 saturated carbocycles. The van der Waals surface area contributed by atoms with E-state index in [2.05, 4.69) is 15.6 Å². The first-order valence-corrected chi connectivity index (χ1v) is 8.83. The van der Waals surface area contributed by atoms with Gasteiger partial charge in [0.15, 0.2) is 0 Å². The molecule has 0 bridgehead atoms. The Morgan fingerprint density at radius 2 is 2.22 bits per heavy atom. The van der Waals surface area contributed by atoms with Crippen molar-refractivity contribution < 1.29 is 14.3 Å². The number of aromatic nitrogens is 2. The molecule has 0 unspecified atom stereocenters. The number of imidazole rings is 1. The number of methoxy groups -OCH3 is 1. The molecule has 27 heavy (non-hydrogen) atoms. The Balaban J connectivity index is 1.45. The Labute approximate surface area is 156 Å². The van der Waals surface area contributed by atoms with Gasteiger partial charge in [0.05, 0.1) is 24.4 Å². The highest BCUT2D eigenvalue weighted by Gasteiger charge is 2.32. The minimum Gasteiger partial charge on any atom is -0.495 e. The number of carbonyl (C=O) groups is 2. The van der Waals surface area contributed by atoms with Crippen LogP contribution in [0.5, 0.6) is 5.75 Å². The monoisotopic (exact) mass is 364 g/mol. The second kappa shape index (κ2) is 7.11. The maximum Gasteiger partial charge on any atom is 0.228 e. The maximum absolute atomic E-state index is 12.7. The lowest BCUT2D eigenvalue weighted by atomic mass is 9.89. The average molecular weight is 364 g/mol. The molecule has 138 valence electrons. The van der Waals surface area contributed by atoms with Crippen molar-refractivity contribution in [3.8, 4) is 5.75 Å². The summed E-state index contributed by atoms with van der Waals surface area (Å²) in [5.41, 5.74) is 3.14. The number of hydrogen-bond donors (Lipinski definition) is 2. The van der Waals surface area contributed by atoms with Crippen LogP contribution in [0.2, 0.25) is 0 Å². The lowest BCUT2D eigenvalue weighted by Gasteiger charge is -2.26. The normalized spacial score (nSPS) is 15.9. The van der Waals surface area contributed by atoms with E-state index >= 15 is 0 Å². The van der Waals surface area contributed by atoms with Gasteiger partial charge < -0.3 is 19.8 Å². The van der Waals surface area contributed by atoms with Crippen LogP contribution >= 0.6 is 0 Å². The molecule has 0 fully saturated rings. The maximum atomic E-state index is 12.7. The number of hydrogen-bond acceptors (Lipinski definition) is 4. The predicted octanol–water partition coefficient (Wildman–Crippen LogP) is 2.13. The Morgan fingerprint density at radius 1 is 1.33 bits per heavy atom. The van der Waals surface area contributed by atoms with Gasteiger partial charge in [-0.1, -0.05) is 18.2 Å². The number of nitrogens with one attached hydrogen (secondary N) is 2. The first kappa shape index (κ1) is 17.1. The van der Waals surface area contributed by atoms with Crippen LogP contribution in [0, 0.1) is 0 Å². The molecule has 1 aliphatic heterocycles. The molecule has 0 aliphatic carbocycles. The Bertz CT molecular complexity index is 978. The molecule has 7 nitrogen and oxygen atoms in total. The molecule has 7 heteroatoms. The molecule has 4 rings (SSSR count). The molecular weight excluding hydrogens is 344 g/mol. The van der Waals surface area contributed by atoms with Gasteiger partial charge in [-0.3, -0.25) is 9.59 Å². The third-order valence-corrected chi connectivity index (χ3v) is 4.72. The lowest BCUT2D eigenvalue weighted by molar-refractivity contribution is -0.126. The van der Waals surface area contributed by atoms with E-state index in [1.54, 1.807) is 13.2 Å². The average Bonchev–Trinajstić information content (AvgIpc) is 3.09. The number of amides is 2. The molecule has 0 saturated heterocycles. The van der Waals surface area contributed by atoms with Gasteiger partial charge in [0.1, 0.15) is 11.4 Å². The Morgan fingerprint density at radius 3 is 3.04 bits per heavy atom. The van der Waals surface area contributed by atoms with Gasteiger partial charge in [0.25, 0.3) is 0 Å². The first-order chi connectivity index (χ1) is 13.2. The number of ether oxygens (including phenoxy) is 1. The smallest absolute Gasteiger partial charge is 0.228 e. The Hall–Kier alpha value is -3.35. The minimum atomic E-state index is -0.523. The van der Waals surface area contributed by atoms with Gasteiger partial charge in [0.2, 0.25) is 11.8 Å². The van der Waals surface area contributed by atoms with E-state index < -0.39 is 5.92 Å². The molecule has 2 N–H and O–H groups in total. The lowest BCUT2D eigenvalue weighted by Crippen LogP contribution is -2.36. The second-order valence-corrected chi connectivity index (χ2v) is 6.47. The van der Waals surface area contributed by atoms with Crippen molar-refractivity contribution in [3.05, 3.63) is 60.0 Å². The number of rotatable bonds is 5. The fraction of sp³-hybridized carbons (Fsp3) is 0.250. The summed E-state index contributed by atoms with van der Waals surface area (Å²) >= 11 is 0. The van der Waals surface area contributed by atoms with E-state index in [0.717, 1.165) is 16.9 Å². The van der Waals surface area contributed by atoms with E-state index in [1.807, 2.05) is 47.1 Å². The predicted molar refractivity (Wildman–Crippen MR) is 101 cm³/mol. The van der Waals surface area contributed by atoms with Crippen molar-refractivity contribution in [2.75, 3.05) is 19.0 Å². The van der Waals surface area contributed by atoms with Gasteiger partial charge in [-0.25, -0.2) is 4.98 Å². The summed E-state index contributed by atoms with van der Waals surface area (Å²) in [6.07, 6.45) is 4.64. The van der Waals surface area contributed by atoms with Crippen LogP contribution in [0.4, 0.5) is 5.69 Å². The van der Waals surface area contributed by atoms with Crippen LogP contribution in [0.25, 0.3) is 5.65 Å². The molecule has 1 aliphatic rings. The third kappa shape index (κ3) is 3.36. The number of nitrogens with zero attached hydrogens (tertiary/aromatic N) is 2. The third-order valence-electron chi connectivity index (χ3n) is 4.72. The van der Waals surface area contributed by atoms with E-state index in [4.69, 9.17) is 4.74 Å². The van der Waals surface area contributed by atoms with Gasteiger partial charge in [-0.05, 0) is 23.8 Å². The molecule has 3 aromatic rings. The number of fused-ring (bicyclic) bond motifs is 2. The number of pyridine rings is 1. The van der Waals surface area contributed by atoms with Crippen molar-refractivity contribution in [1.82, 2.24) is 14.7 Å². The zero-order valence-electron chi connectivity index (χ0n) is 14.9. The summed E-state index contributed by atoms with van der Waals surface area (Å²) in [6.45, 7) is 0.458. The van der Waals surface area contributed by atoms with Gasteiger partial charge in [0, 0.05) is 31.8 Å². The van der Waals surface area contributed by atoms with Crippen molar-refractivity contribution in [3.63, 3.8) is 0 Å². The van der Waals surface area contributed by atoms with Crippen LogP contribution in [-0.4, -0.2) is 34.9 Å². The SMILES string of the molecule is COc1cccc2c1NC(=O)C[C@@H]2C(=O)NCCc1cn2ccccc2n1. The van der Waals surface area contributed by atoms with Crippen LogP contribution in [0.3, 0.4) is 0 Å². The van der Waals surface area contributed by atoms with Gasteiger partial charge in [-0.15, -0.1) is 0 Å². The van der Waals surface area contributed by atoms with Gasteiger partial charge >= 0.3 is 0 Å². The fourth-order valence-corrected chi connectivity index (χ4v) is 3.41. The highest BCUT2D eigenvalue weighted by Crippen LogP contribution is 2.38. The van der Waals surface area contributed by atoms with Crippen molar-refractivity contribution in [2.24, 2.45) is 0 Å². The van der Waals surface area contributed by atoms with Crippen LogP contribution in [0.15, 0.2) is 48.8 Å². The molecule has 0 spiro atoms. The first-order valence-electron chi connectivity index (χ1n) is 8.83. The largest absolute Gasteiger partial charge is 0.495 e. The second-order valence-electron chi connectivity index (χ2n) is 6.47. The molecule has 0 radical (unpaired) electrons. The van der Waals surface area contributed by atoms with Gasteiger partial charge in [-0.2, -0.15) is 0 Å². The number of benzene rings is 1. The van der Waals surface area contributed by atoms with Crippen LogP contribution in [-0.2, 0) is 16.0 Å². The molecule has 2 amide bonds. The summed E-state index contributed by atoms with van der Waals surface area (Å²) < 4.78 is 7.25. The summed E-state index contributed by atoms with van der Waals surface area (Å²) in [5.74, 6) is -0.316.